The zero-order chi connectivity index (χ0) is 13.5. The fourth-order valence-corrected chi connectivity index (χ4v) is 3.54. The Morgan fingerprint density at radius 3 is 2.47 bits per heavy atom. The van der Waals surface area contributed by atoms with Gasteiger partial charge in [0.25, 0.3) is 0 Å². The van der Waals surface area contributed by atoms with Crippen molar-refractivity contribution in [3.05, 3.63) is 30.3 Å². The predicted molar refractivity (Wildman–Crippen MR) is 82.8 cm³/mol. The van der Waals surface area contributed by atoms with Crippen LogP contribution in [0.5, 0.6) is 0 Å². The van der Waals surface area contributed by atoms with Crippen molar-refractivity contribution in [2.24, 2.45) is 0 Å². The third kappa shape index (κ3) is 5.55. The fourth-order valence-electron chi connectivity index (χ4n) is 2.61. The van der Waals surface area contributed by atoms with Gasteiger partial charge in [-0.25, -0.2) is 0 Å². The summed E-state index contributed by atoms with van der Waals surface area (Å²) in [5, 5.41) is 0. The summed E-state index contributed by atoms with van der Waals surface area (Å²) in [5.74, 6) is 1.22. The molecule has 1 aromatic carbocycles. The second-order valence-electron chi connectivity index (χ2n) is 5.39. The van der Waals surface area contributed by atoms with Crippen LogP contribution in [-0.2, 0) is 4.74 Å². The highest BCUT2D eigenvalue weighted by Gasteiger charge is 2.21. The molecule has 106 valence electrons. The zero-order valence-electron chi connectivity index (χ0n) is 12.0. The maximum Gasteiger partial charge on any atom is 0.0678 e. The van der Waals surface area contributed by atoms with E-state index in [1.807, 2.05) is 11.8 Å². The molecule has 1 fully saturated rings. The molecule has 0 unspecified atom stereocenters. The molecule has 2 atom stereocenters. The van der Waals surface area contributed by atoms with Crippen LogP contribution in [0, 0.1) is 0 Å². The molecule has 1 aromatic rings. The van der Waals surface area contributed by atoms with Gasteiger partial charge < -0.3 is 4.74 Å². The minimum atomic E-state index is 0.391. The molecule has 0 spiro atoms. The van der Waals surface area contributed by atoms with Crippen molar-refractivity contribution in [1.82, 2.24) is 4.90 Å². The Morgan fingerprint density at radius 2 is 1.79 bits per heavy atom. The number of unbranched alkanes of at least 4 members (excludes halogenated alkanes) is 1. The van der Waals surface area contributed by atoms with Crippen molar-refractivity contribution >= 4 is 11.8 Å². The fraction of sp³-hybridized carbons (Fsp3) is 0.625. The Morgan fingerprint density at radius 1 is 1.11 bits per heavy atom. The lowest BCUT2D eigenvalue weighted by Gasteiger charge is -2.35. The second kappa shape index (κ2) is 7.93. The van der Waals surface area contributed by atoms with E-state index in [1.165, 1.54) is 30.0 Å². The normalized spacial score (nSPS) is 24.5. The molecular formula is C16H25NOS. The van der Waals surface area contributed by atoms with E-state index >= 15 is 0 Å². The summed E-state index contributed by atoms with van der Waals surface area (Å²) in [5.41, 5.74) is 0. The summed E-state index contributed by atoms with van der Waals surface area (Å²) in [6, 6.07) is 10.7. The number of hydrogen-bond donors (Lipinski definition) is 0. The molecule has 2 rings (SSSR count). The number of morpholine rings is 1. The molecule has 1 saturated heterocycles. The first-order valence-corrected chi connectivity index (χ1v) is 8.28. The third-order valence-electron chi connectivity index (χ3n) is 3.38. The van der Waals surface area contributed by atoms with E-state index in [9.17, 15) is 0 Å². The summed E-state index contributed by atoms with van der Waals surface area (Å²) in [6.45, 7) is 7.75. The molecule has 0 radical (unpaired) electrons. The third-order valence-corrected chi connectivity index (χ3v) is 4.47. The number of ether oxygens (including phenoxy) is 1. The van der Waals surface area contributed by atoms with Crippen LogP contribution < -0.4 is 0 Å². The summed E-state index contributed by atoms with van der Waals surface area (Å²) < 4.78 is 5.76. The summed E-state index contributed by atoms with van der Waals surface area (Å²) in [6.07, 6.45) is 3.36. The Hall–Kier alpha value is -0.510. The standard InChI is InChI=1S/C16H25NOS/c1-14-12-17(13-15(2)18-14)10-6-7-11-19-16-8-4-3-5-9-16/h3-5,8-9,14-15H,6-7,10-13H2,1-2H3/t14-,15-/m1/s1. The van der Waals surface area contributed by atoms with Gasteiger partial charge in [0.15, 0.2) is 0 Å². The molecule has 1 heterocycles. The van der Waals surface area contributed by atoms with Gasteiger partial charge in [-0.3, -0.25) is 4.90 Å². The van der Waals surface area contributed by atoms with E-state index in [-0.39, 0.29) is 0 Å². The van der Waals surface area contributed by atoms with Gasteiger partial charge in [-0.1, -0.05) is 18.2 Å². The lowest BCUT2D eigenvalue weighted by Crippen LogP contribution is -2.45. The van der Waals surface area contributed by atoms with Crippen LogP contribution in [0.15, 0.2) is 35.2 Å². The van der Waals surface area contributed by atoms with Crippen molar-refractivity contribution in [3.8, 4) is 0 Å². The highest BCUT2D eigenvalue weighted by atomic mass is 32.2. The average Bonchev–Trinajstić information content (AvgIpc) is 2.38. The molecule has 0 aliphatic carbocycles. The van der Waals surface area contributed by atoms with Crippen molar-refractivity contribution in [2.75, 3.05) is 25.4 Å². The van der Waals surface area contributed by atoms with Gasteiger partial charge in [0, 0.05) is 18.0 Å². The van der Waals surface area contributed by atoms with E-state index in [4.69, 9.17) is 4.74 Å². The van der Waals surface area contributed by atoms with E-state index in [2.05, 4.69) is 49.1 Å². The summed E-state index contributed by atoms with van der Waals surface area (Å²) in [7, 11) is 0. The van der Waals surface area contributed by atoms with Crippen LogP contribution >= 0.6 is 11.8 Å². The van der Waals surface area contributed by atoms with Crippen LogP contribution in [0.25, 0.3) is 0 Å². The van der Waals surface area contributed by atoms with Crippen LogP contribution in [0.4, 0.5) is 0 Å². The first-order valence-electron chi connectivity index (χ1n) is 7.29. The van der Waals surface area contributed by atoms with E-state index in [1.54, 1.807) is 0 Å². The van der Waals surface area contributed by atoms with Gasteiger partial charge in [-0.2, -0.15) is 0 Å². The van der Waals surface area contributed by atoms with Crippen LogP contribution in [0.3, 0.4) is 0 Å². The van der Waals surface area contributed by atoms with Gasteiger partial charge in [-0.05, 0) is 51.1 Å². The molecule has 0 saturated carbocycles. The number of thioether (sulfide) groups is 1. The molecule has 2 nitrogen and oxygen atoms in total. The highest BCUT2D eigenvalue weighted by molar-refractivity contribution is 7.99. The maximum atomic E-state index is 5.76. The van der Waals surface area contributed by atoms with Gasteiger partial charge in [-0.15, -0.1) is 11.8 Å². The topological polar surface area (TPSA) is 12.5 Å². The minimum Gasteiger partial charge on any atom is -0.373 e. The Bertz CT molecular complexity index is 347. The van der Waals surface area contributed by atoms with Crippen LogP contribution in [0.1, 0.15) is 26.7 Å². The lowest BCUT2D eigenvalue weighted by atomic mass is 10.2. The summed E-state index contributed by atoms with van der Waals surface area (Å²) >= 11 is 1.96. The Balaban J connectivity index is 1.57. The quantitative estimate of drug-likeness (QED) is 0.582. The smallest absolute Gasteiger partial charge is 0.0678 e. The van der Waals surface area contributed by atoms with Crippen molar-refractivity contribution in [1.29, 1.82) is 0 Å². The van der Waals surface area contributed by atoms with Crippen molar-refractivity contribution in [3.63, 3.8) is 0 Å². The maximum absolute atomic E-state index is 5.76. The minimum absolute atomic E-state index is 0.391. The van der Waals surface area contributed by atoms with E-state index in [0.717, 1.165) is 13.1 Å². The zero-order valence-corrected chi connectivity index (χ0v) is 12.9. The molecule has 19 heavy (non-hydrogen) atoms. The molecular weight excluding hydrogens is 254 g/mol. The molecule has 1 aliphatic rings. The SMILES string of the molecule is C[C@@H]1CN(CCCCSc2ccccc2)C[C@@H](C)O1. The highest BCUT2D eigenvalue weighted by Crippen LogP contribution is 2.19. The summed E-state index contributed by atoms with van der Waals surface area (Å²) in [4.78, 5) is 3.93. The van der Waals surface area contributed by atoms with Gasteiger partial charge in [0.1, 0.15) is 0 Å². The average molecular weight is 279 g/mol. The Labute approximate surface area is 121 Å². The first-order chi connectivity index (χ1) is 9.24. The molecule has 0 N–H and O–H groups in total. The van der Waals surface area contributed by atoms with Crippen LogP contribution in [0.2, 0.25) is 0 Å². The van der Waals surface area contributed by atoms with Crippen molar-refractivity contribution in [2.45, 2.75) is 43.8 Å². The number of nitrogens with zero attached hydrogens (tertiary/aromatic N) is 1. The number of benzene rings is 1. The monoisotopic (exact) mass is 279 g/mol. The van der Waals surface area contributed by atoms with Crippen LogP contribution in [-0.4, -0.2) is 42.5 Å². The number of hydrogen-bond acceptors (Lipinski definition) is 3. The number of rotatable bonds is 6. The van der Waals surface area contributed by atoms with Gasteiger partial charge in [0.05, 0.1) is 12.2 Å². The van der Waals surface area contributed by atoms with E-state index < -0.39 is 0 Å². The van der Waals surface area contributed by atoms with Gasteiger partial charge in [0.2, 0.25) is 0 Å². The van der Waals surface area contributed by atoms with Crippen molar-refractivity contribution < 1.29 is 4.74 Å². The predicted octanol–water partition coefficient (Wildman–Crippen LogP) is 3.67. The second-order valence-corrected chi connectivity index (χ2v) is 6.55. The van der Waals surface area contributed by atoms with E-state index in [0.29, 0.717) is 12.2 Å². The molecule has 0 amide bonds. The largest absolute Gasteiger partial charge is 0.373 e. The molecule has 1 aliphatic heterocycles. The molecule has 0 aromatic heterocycles. The lowest BCUT2D eigenvalue weighted by molar-refractivity contribution is -0.0680. The molecule has 0 bridgehead atoms. The van der Waals surface area contributed by atoms with Gasteiger partial charge >= 0.3 is 0 Å². The Kier molecular flexibility index (Phi) is 6.21. The first kappa shape index (κ1) is 14.9. The molecule has 3 heteroatoms.